The minimum Gasteiger partial charge on any atom is -0.477 e. The number of aromatic carboxylic acids is 1. The largest absolute Gasteiger partial charge is 0.477 e. The van der Waals surface area contributed by atoms with Crippen LogP contribution in [-0.4, -0.2) is 59.6 Å². The second-order valence-electron chi connectivity index (χ2n) is 5.10. The van der Waals surface area contributed by atoms with Crippen molar-refractivity contribution in [1.29, 1.82) is 0 Å². The summed E-state index contributed by atoms with van der Waals surface area (Å²) in [6, 6.07) is 0.205. The quantitative estimate of drug-likeness (QED) is 0.915. The summed E-state index contributed by atoms with van der Waals surface area (Å²) in [7, 11) is 4.20. The van der Waals surface area contributed by atoms with Crippen LogP contribution < -0.4 is 0 Å². The highest BCUT2D eigenvalue weighted by molar-refractivity contribution is 7.13. The van der Waals surface area contributed by atoms with Gasteiger partial charge in [-0.25, -0.2) is 9.78 Å². The molecule has 19 heavy (non-hydrogen) atoms. The van der Waals surface area contributed by atoms with Crippen LogP contribution in [0.4, 0.5) is 0 Å². The van der Waals surface area contributed by atoms with Crippen molar-refractivity contribution < 1.29 is 9.90 Å². The summed E-state index contributed by atoms with van der Waals surface area (Å²) in [4.78, 5) is 20.8. The third-order valence-electron chi connectivity index (χ3n) is 3.60. The molecular weight excluding hydrogens is 262 g/mol. The molecule has 2 rings (SSSR count). The Morgan fingerprint density at radius 2 is 2.21 bits per heavy atom. The number of rotatable bonds is 3. The zero-order valence-electron chi connectivity index (χ0n) is 11.7. The Morgan fingerprint density at radius 3 is 2.79 bits per heavy atom. The number of thiazole rings is 1. The first-order chi connectivity index (χ1) is 9.02. The molecule has 1 aliphatic heterocycles. The Balaban J connectivity index is 2.31. The molecule has 6 heteroatoms. The van der Waals surface area contributed by atoms with E-state index >= 15 is 0 Å². The number of aryl methyl sites for hydroxylation is 1. The van der Waals surface area contributed by atoms with Crippen molar-refractivity contribution in [1.82, 2.24) is 14.8 Å². The fourth-order valence-corrected chi connectivity index (χ4v) is 3.61. The molecule has 1 N–H and O–H groups in total. The number of aromatic nitrogens is 1. The number of hydrogen-bond donors (Lipinski definition) is 1. The van der Waals surface area contributed by atoms with Gasteiger partial charge in [0.05, 0.1) is 11.7 Å². The van der Waals surface area contributed by atoms with Crippen LogP contribution in [0.3, 0.4) is 0 Å². The first kappa shape index (κ1) is 14.4. The smallest absolute Gasteiger partial charge is 0.347 e. The highest BCUT2D eigenvalue weighted by Crippen LogP contribution is 2.29. The van der Waals surface area contributed by atoms with Crippen LogP contribution in [0.15, 0.2) is 0 Å². The highest BCUT2D eigenvalue weighted by atomic mass is 32.1. The van der Waals surface area contributed by atoms with E-state index in [-0.39, 0.29) is 6.04 Å². The summed E-state index contributed by atoms with van der Waals surface area (Å²) < 4.78 is 0. The summed E-state index contributed by atoms with van der Waals surface area (Å²) in [6.07, 6.45) is 1.81. The molecule has 0 saturated carbocycles. The van der Waals surface area contributed by atoms with E-state index in [0.29, 0.717) is 17.0 Å². The van der Waals surface area contributed by atoms with Gasteiger partial charge in [0.15, 0.2) is 0 Å². The van der Waals surface area contributed by atoms with Crippen molar-refractivity contribution in [2.75, 3.05) is 33.7 Å². The van der Waals surface area contributed by atoms with E-state index < -0.39 is 5.97 Å². The minimum absolute atomic E-state index is 0.205. The Kier molecular flexibility index (Phi) is 4.54. The molecular formula is C13H21N3O2S. The predicted octanol–water partition coefficient (Wildman–Crippen LogP) is 1.71. The summed E-state index contributed by atoms with van der Waals surface area (Å²) in [5, 5.41) is 10.2. The SMILES string of the molecule is CCc1nc(C2CN(C)CCCN2C)sc1C(=O)O. The number of carbonyl (C=O) groups is 1. The van der Waals surface area contributed by atoms with Crippen LogP contribution in [0, 0.1) is 0 Å². The standard InChI is InChI=1S/C13H21N3O2S/c1-4-9-11(13(17)18)19-12(14-9)10-8-15(2)6-5-7-16(10)3/h10H,4-8H2,1-3H3,(H,17,18). The van der Waals surface area contributed by atoms with Crippen LogP contribution in [0.1, 0.15) is 39.8 Å². The van der Waals surface area contributed by atoms with Gasteiger partial charge in [0.2, 0.25) is 0 Å². The molecule has 1 atom stereocenters. The monoisotopic (exact) mass is 283 g/mol. The third kappa shape index (κ3) is 3.13. The van der Waals surface area contributed by atoms with Crippen LogP contribution >= 0.6 is 11.3 Å². The van der Waals surface area contributed by atoms with E-state index in [4.69, 9.17) is 0 Å². The van der Waals surface area contributed by atoms with Gasteiger partial charge in [0.25, 0.3) is 0 Å². The maximum Gasteiger partial charge on any atom is 0.347 e. The molecule has 5 nitrogen and oxygen atoms in total. The molecule has 1 saturated heterocycles. The van der Waals surface area contributed by atoms with Crippen LogP contribution in [0.5, 0.6) is 0 Å². The molecule has 106 valence electrons. The Morgan fingerprint density at radius 1 is 1.47 bits per heavy atom. The Bertz CT molecular complexity index is 461. The maximum absolute atomic E-state index is 11.2. The van der Waals surface area contributed by atoms with Crippen molar-refractivity contribution in [3.05, 3.63) is 15.6 Å². The third-order valence-corrected chi connectivity index (χ3v) is 4.78. The molecule has 0 aliphatic carbocycles. The second kappa shape index (κ2) is 5.98. The first-order valence-electron chi connectivity index (χ1n) is 6.64. The molecule has 0 aromatic carbocycles. The predicted molar refractivity (Wildman–Crippen MR) is 75.9 cm³/mol. The van der Waals surface area contributed by atoms with E-state index in [1.54, 1.807) is 0 Å². The number of carboxylic acid groups (broad SMARTS) is 1. The molecule has 1 aromatic heterocycles. The first-order valence-corrected chi connectivity index (χ1v) is 7.46. The van der Waals surface area contributed by atoms with Gasteiger partial charge in [0, 0.05) is 6.54 Å². The van der Waals surface area contributed by atoms with Crippen molar-refractivity contribution in [3.63, 3.8) is 0 Å². The van der Waals surface area contributed by atoms with Gasteiger partial charge in [-0.3, -0.25) is 4.90 Å². The Labute approximate surface area is 117 Å². The lowest BCUT2D eigenvalue weighted by Gasteiger charge is -2.25. The number of nitrogens with zero attached hydrogens (tertiary/aromatic N) is 3. The van der Waals surface area contributed by atoms with Crippen molar-refractivity contribution in [3.8, 4) is 0 Å². The number of hydrogen-bond acceptors (Lipinski definition) is 5. The lowest BCUT2D eigenvalue weighted by atomic mass is 10.2. The second-order valence-corrected chi connectivity index (χ2v) is 6.13. The molecule has 2 heterocycles. The summed E-state index contributed by atoms with van der Waals surface area (Å²) in [5.41, 5.74) is 0.716. The van der Waals surface area contributed by atoms with E-state index in [9.17, 15) is 9.90 Å². The average Bonchev–Trinajstić information content (AvgIpc) is 2.72. The van der Waals surface area contributed by atoms with E-state index in [2.05, 4.69) is 28.9 Å². The van der Waals surface area contributed by atoms with Gasteiger partial charge in [-0.05, 0) is 40.0 Å². The van der Waals surface area contributed by atoms with Gasteiger partial charge in [-0.1, -0.05) is 6.92 Å². The van der Waals surface area contributed by atoms with Crippen LogP contribution in [0.25, 0.3) is 0 Å². The molecule has 0 spiro atoms. The van der Waals surface area contributed by atoms with E-state index in [1.165, 1.54) is 11.3 Å². The number of likely N-dealkylation sites (N-methyl/N-ethyl adjacent to an activating group) is 2. The van der Waals surface area contributed by atoms with Crippen LogP contribution in [-0.2, 0) is 6.42 Å². The van der Waals surface area contributed by atoms with Gasteiger partial charge in [0.1, 0.15) is 9.88 Å². The zero-order chi connectivity index (χ0) is 14.0. The Hall–Kier alpha value is -0.980. The molecule has 0 amide bonds. The highest BCUT2D eigenvalue weighted by Gasteiger charge is 2.27. The van der Waals surface area contributed by atoms with Crippen molar-refractivity contribution in [2.24, 2.45) is 0 Å². The van der Waals surface area contributed by atoms with E-state index in [1.807, 2.05) is 6.92 Å². The van der Waals surface area contributed by atoms with E-state index in [0.717, 1.165) is 31.1 Å². The van der Waals surface area contributed by atoms with Crippen molar-refractivity contribution >= 4 is 17.3 Å². The molecule has 1 aromatic rings. The average molecular weight is 283 g/mol. The number of carboxylic acids is 1. The lowest BCUT2D eigenvalue weighted by Crippen LogP contribution is -2.30. The fourth-order valence-electron chi connectivity index (χ4n) is 2.46. The minimum atomic E-state index is -0.856. The van der Waals surface area contributed by atoms with Crippen LogP contribution in [0.2, 0.25) is 0 Å². The molecule has 0 bridgehead atoms. The summed E-state index contributed by atoms with van der Waals surface area (Å²) >= 11 is 1.33. The molecule has 1 aliphatic rings. The molecule has 1 unspecified atom stereocenters. The topological polar surface area (TPSA) is 56.7 Å². The van der Waals surface area contributed by atoms with Gasteiger partial charge >= 0.3 is 5.97 Å². The summed E-state index contributed by atoms with van der Waals surface area (Å²) in [6.45, 7) is 4.97. The van der Waals surface area contributed by atoms with Gasteiger partial charge in [-0.2, -0.15) is 0 Å². The molecule has 0 radical (unpaired) electrons. The normalized spacial score (nSPS) is 22.4. The van der Waals surface area contributed by atoms with Gasteiger partial charge in [-0.15, -0.1) is 11.3 Å². The zero-order valence-corrected chi connectivity index (χ0v) is 12.5. The lowest BCUT2D eigenvalue weighted by molar-refractivity contribution is 0.0701. The maximum atomic E-state index is 11.2. The van der Waals surface area contributed by atoms with Crippen molar-refractivity contribution in [2.45, 2.75) is 25.8 Å². The summed E-state index contributed by atoms with van der Waals surface area (Å²) in [5.74, 6) is -0.856. The molecule has 1 fully saturated rings. The fraction of sp³-hybridized carbons (Fsp3) is 0.692. The van der Waals surface area contributed by atoms with Gasteiger partial charge < -0.3 is 10.0 Å².